The summed E-state index contributed by atoms with van der Waals surface area (Å²) in [5.74, 6) is 0.688. The van der Waals surface area contributed by atoms with E-state index < -0.39 is 0 Å². The average Bonchev–Trinajstić information content (AvgIpc) is 3.16. The Morgan fingerprint density at radius 1 is 1.10 bits per heavy atom. The Morgan fingerprint density at radius 3 is 2.80 bits per heavy atom. The number of rotatable bonds is 1. The zero-order chi connectivity index (χ0) is 20.9. The third-order valence-corrected chi connectivity index (χ3v) is 5.04. The van der Waals surface area contributed by atoms with Crippen LogP contribution in [0.3, 0.4) is 0 Å². The summed E-state index contributed by atoms with van der Waals surface area (Å²) in [4.78, 5) is 14.7. The predicted molar refractivity (Wildman–Crippen MR) is 108 cm³/mol. The van der Waals surface area contributed by atoms with E-state index in [1.807, 2.05) is 24.3 Å². The lowest BCUT2D eigenvalue weighted by Gasteiger charge is -2.23. The van der Waals surface area contributed by atoms with Crippen molar-refractivity contribution >= 4 is 5.91 Å². The molecular weight excluding hydrogens is 387 g/mol. The summed E-state index contributed by atoms with van der Waals surface area (Å²) in [5, 5.41) is 3.72. The number of carbonyl (C=O) groups is 1. The van der Waals surface area contributed by atoms with E-state index >= 15 is 0 Å². The van der Waals surface area contributed by atoms with Gasteiger partial charge in [0.05, 0.1) is 19.4 Å². The number of halogens is 1. The maximum Gasteiger partial charge on any atom is 0.259 e. The number of hydrogen-bond donors (Lipinski definition) is 0. The van der Waals surface area contributed by atoms with Crippen LogP contribution in [0, 0.1) is 12.7 Å². The average molecular weight is 410 g/mol. The summed E-state index contributed by atoms with van der Waals surface area (Å²) in [6.45, 7) is 3.65. The van der Waals surface area contributed by atoms with Crippen molar-refractivity contribution in [3.63, 3.8) is 0 Å². The van der Waals surface area contributed by atoms with E-state index in [2.05, 4.69) is 5.16 Å². The molecule has 1 aliphatic rings. The van der Waals surface area contributed by atoms with Crippen LogP contribution in [-0.2, 0) is 17.7 Å². The number of fused-ring (bicyclic) bond motifs is 3. The maximum atomic E-state index is 13.8. The Labute approximate surface area is 174 Å². The van der Waals surface area contributed by atoms with Crippen LogP contribution in [0.2, 0.25) is 0 Å². The highest BCUT2D eigenvalue weighted by Gasteiger charge is 2.21. The largest absolute Gasteiger partial charge is 0.491 e. The second-order valence-electron chi connectivity index (χ2n) is 7.23. The van der Waals surface area contributed by atoms with Gasteiger partial charge in [0.25, 0.3) is 5.91 Å². The number of benzene rings is 2. The lowest BCUT2D eigenvalue weighted by molar-refractivity contribution is 0.0570. The fraction of sp³-hybridized carbons (Fsp3) is 0.304. The van der Waals surface area contributed by atoms with Gasteiger partial charge in [-0.25, -0.2) is 4.39 Å². The molecule has 0 saturated carbocycles. The van der Waals surface area contributed by atoms with Crippen molar-refractivity contribution < 1.29 is 23.2 Å². The first-order chi connectivity index (χ1) is 14.6. The quantitative estimate of drug-likeness (QED) is 0.611. The molecule has 0 N–H and O–H groups in total. The minimum Gasteiger partial charge on any atom is -0.491 e. The molecule has 1 amide bonds. The molecule has 0 aliphatic carbocycles. The number of amides is 1. The van der Waals surface area contributed by atoms with Crippen molar-refractivity contribution in [2.45, 2.75) is 19.9 Å². The monoisotopic (exact) mass is 410 g/mol. The predicted octanol–water partition coefficient (Wildman–Crippen LogP) is 3.76. The van der Waals surface area contributed by atoms with Crippen molar-refractivity contribution in [2.24, 2.45) is 0 Å². The van der Waals surface area contributed by atoms with Gasteiger partial charge in [-0.3, -0.25) is 4.79 Å². The molecule has 4 rings (SSSR count). The van der Waals surface area contributed by atoms with Gasteiger partial charge < -0.3 is 18.9 Å². The van der Waals surface area contributed by atoms with Crippen LogP contribution in [0.15, 0.2) is 53.2 Å². The van der Waals surface area contributed by atoms with Gasteiger partial charge in [0.2, 0.25) is 0 Å². The van der Waals surface area contributed by atoms with E-state index in [0.29, 0.717) is 56.4 Å². The molecule has 2 heterocycles. The first-order valence-electron chi connectivity index (χ1n) is 9.87. The summed E-state index contributed by atoms with van der Waals surface area (Å²) in [7, 11) is 0. The molecule has 6 nitrogen and oxygen atoms in total. The standard InChI is InChI=1S/C23H23FN2O4/c1-16-21(14-25-30-16)23(27)26-7-8-28-9-10-29-22-6-5-20(24)13-19(22)12-17-3-2-4-18(11-17)15-26/h2-6,11,13-14H,7-10,12,15H2,1H3. The molecule has 2 bridgehead atoms. The van der Waals surface area contributed by atoms with E-state index in [1.165, 1.54) is 18.3 Å². The summed E-state index contributed by atoms with van der Waals surface area (Å²) < 4.78 is 30.4. The second kappa shape index (κ2) is 9.09. The molecular formula is C23H23FN2O4. The molecule has 1 aromatic heterocycles. The Balaban J connectivity index is 1.63. The van der Waals surface area contributed by atoms with Crippen molar-refractivity contribution in [1.29, 1.82) is 0 Å². The number of carbonyl (C=O) groups excluding carboxylic acids is 1. The minimum atomic E-state index is -0.299. The zero-order valence-corrected chi connectivity index (χ0v) is 16.8. The molecule has 0 atom stereocenters. The van der Waals surface area contributed by atoms with Crippen LogP contribution in [0.1, 0.15) is 32.8 Å². The molecule has 0 spiro atoms. The number of nitrogens with zero attached hydrogens (tertiary/aromatic N) is 2. The summed E-state index contributed by atoms with van der Waals surface area (Å²) in [6.07, 6.45) is 1.97. The molecule has 0 fully saturated rings. The van der Waals surface area contributed by atoms with Crippen LogP contribution in [-0.4, -0.2) is 42.3 Å². The Bertz CT molecular complexity index is 1030. The van der Waals surface area contributed by atoms with Gasteiger partial charge in [0.15, 0.2) is 0 Å². The van der Waals surface area contributed by atoms with Gasteiger partial charge in [-0.05, 0) is 36.2 Å². The molecule has 3 aromatic rings. The van der Waals surface area contributed by atoms with Gasteiger partial charge in [0, 0.05) is 25.1 Å². The molecule has 30 heavy (non-hydrogen) atoms. The minimum absolute atomic E-state index is 0.154. The van der Waals surface area contributed by atoms with E-state index in [4.69, 9.17) is 14.0 Å². The summed E-state index contributed by atoms with van der Waals surface area (Å²) in [5.41, 5.74) is 3.22. The van der Waals surface area contributed by atoms with E-state index in [0.717, 1.165) is 16.7 Å². The molecule has 0 unspecified atom stereocenters. The summed E-state index contributed by atoms with van der Waals surface area (Å²) >= 11 is 0. The fourth-order valence-corrected chi connectivity index (χ4v) is 3.52. The van der Waals surface area contributed by atoms with Crippen molar-refractivity contribution in [2.75, 3.05) is 26.4 Å². The van der Waals surface area contributed by atoms with E-state index in [9.17, 15) is 9.18 Å². The first-order valence-corrected chi connectivity index (χ1v) is 9.87. The molecule has 2 aromatic carbocycles. The van der Waals surface area contributed by atoms with Gasteiger partial charge in [-0.2, -0.15) is 0 Å². The summed E-state index contributed by atoms with van der Waals surface area (Å²) in [6, 6.07) is 12.5. The van der Waals surface area contributed by atoms with Crippen LogP contribution in [0.5, 0.6) is 5.75 Å². The topological polar surface area (TPSA) is 64.8 Å². The highest BCUT2D eigenvalue weighted by molar-refractivity contribution is 5.94. The maximum absolute atomic E-state index is 13.8. The van der Waals surface area contributed by atoms with Gasteiger partial charge >= 0.3 is 0 Å². The fourth-order valence-electron chi connectivity index (χ4n) is 3.52. The highest BCUT2D eigenvalue weighted by Crippen LogP contribution is 2.24. The Kier molecular flexibility index (Phi) is 6.09. The molecule has 1 aliphatic heterocycles. The normalized spacial score (nSPS) is 15.1. The number of aryl methyl sites for hydroxylation is 1. The smallest absolute Gasteiger partial charge is 0.259 e. The number of aromatic nitrogens is 1. The van der Waals surface area contributed by atoms with Gasteiger partial charge in [-0.15, -0.1) is 0 Å². The van der Waals surface area contributed by atoms with Crippen LogP contribution >= 0.6 is 0 Å². The highest BCUT2D eigenvalue weighted by atomic mass is 19.1. The van der Waals surface area contributed by atoms with Crippen molar-refractivity contribution in [3.8, 4) is 5.75 Å². The molecule has 156 valence electrons. The lowest BCUT2D eigenvalue weighted by atomic mass is 10.0. The Hall–Kier alpha value is -3.19. The molecule has 0 radical (unpaired) electrons. The first kappa shape index (κ1) is 20.1. The van der Waals surface area contributed by atoms with E-state index in [1.54, 1.807) is 17.9 Å². The lowest BCUT2D eigenvalue weighted by Crippen LogP contribution is -2.34. The molecule has 0 saturated heterocycles. The van der Waals surface area contributed by atoms with Crippen molar-refractivity contribution in [3.05, 3.63) is 82.5 Å². The van der Waals surface area contributed by atoms with Gasteiger partial charge in [0.1, 0.15) is 29.5 Å². The SMILES string of the molecule is Cc1oncc1C(=O)N1CCOCCOc2ccc(F)cc2Cc2cccc(c2)C1. The zero-order valence-electron chi connectivity index (χ0n) is 16.8. The second-order valence-corrected chi connectivity index (χ2v) is 7.23. The van der Waals surface area contributed by atoms with Crippen LogP contribution in [0.4, 0.5) is 4.39 Å². The third kappa shape index (κ3) is 4.68. The van der Waals surface area contributed by atoms with Gasteiger partial charge in [-0.1, -0.05) is 29.4 Å². The Morgan fingerprint density at radius 2 is 1.97 bits per heavy atom. The van der Waals surface area contributed by atoms with Crippen LogP contribution in [0.25, 0.3) is 0 Å². The number of ether oxygens (including phenoxy) is 2. The van der Waals surface area contributed by atoms with Crippen molar-refractivity contribution in [1.82, 2.24) is 10.1 Å². The number of hydrogen-bond acceptors (Lipinski definition) is 5. The molecule has 7 heteroatoms. The van der Waals surface area contributed by atoms with Crippen LogP contribution < -0.4 is 4.74 Å². The third-order valence-electron chi connectivity index (χ3n) is 5.04. The van der Waals surface area contributed by atoms with E-state index in [-0.39, 0.29) is 11.7 Å².